The Morgan fingerprint density at radius 3 is 2.63 bits per heavy atom. The zero-order valence-electron chi connectivity index (χ0n) is 16.7. The maximum Gasteiger partial charge on any atom is 0.293 e. The monoisotopic (exact) mass is 419 g/mol. The van der Waals surface area contributed by atoms with E-state index in [9.17, 15) is 4.79 Å². The van der Waals surface area contributed by atoms with Gasteiger partial charge in [-0.1, -0.05) is 41.9 Å². The first-order valence-electron chi connectivity index (χ1n) is 10.2. The molecule has 30 heavy (non-hydrogen) atoms. The fourth-order valence-corrected chi connectivity index (χ4v) is 4.51. The molecule has 0 bridgehead atoms. The highest BCUT2D eigenvalue weighted by Gasteiger charge is 2.28. The van der Waals surface area contributed by atoms with Crippen LogP contribution in [0.5, 0.6) is 0 Å². The van der Waals surface area contributed by atoms with Crippen molar-refractivity contribution >= 4 is 28.4 Å². The second-order valence-electron chi connectivity index (χ2n) is 7.70. The van der Waals surface area contributed by atoms with Crippen LogP contribution in [0.25, 0.3) is 16.6 Å². The fraction of sp³-hybridized carbons (Fsp3) is 0.261. The molecule has 152 valence electrons. The molecule has 0 unspecified atom stereocenters. The number of nitrogens with zero attached hydrogens (tertiary/aromatic N) is 4. The minimum Gasteiger partial charge on any atom is -0.361 e. The highest BCUT2D eigenvalue weighted by Crippen LogP contribution is 2.33. The number of amides is 1. The molecule has 3 heterocycles. The number of aromatic amines is 1. The van der Waals surface area contributed by atoms with Crippen molar-refractivity contribution < 1.29 is 4.79 Å². The number of para-hydroxylation sites is 2. The van der Waals surface area contributed by atoms with Crippen LogP contribution in [-0.4, -0.2) is 43.6 Å². The van der Waals surface area contributed by atoms with Gasteiger partial charge in [0.05, 0.1) is 10.7 Å². The van der Waals surface area contributed by atoms with Crippen LogP contribution in [0.3, 0.4) is 0 Å². The third-order valence-corrected chi connectivity index (χ3v) is 6.20. The Balaban J connectivity index is 1.32. The van der Waals surface area contributed by atoms with Crippen molar-refractivity contribution in [3.63, 3.8) is 0 Å². The van der Waals surface area contributed by atoms with E-state index in [2.05, 4.69) is 39.5 Å². The number of hydrogen-bond acceptors (Lipinski definition) is 3. The molecule has 1 aliphatic rings. The van der Waals surface area contributed by atoms with Crippen LogP contribution >= 0.6 is 11.6 Å². The Labute approximate surface area is 179 Å². The lowest BCUT2D eigenvalue weighted by atomic mass is 9.89. The quantitative estimate of drug-likeness (QED) is 0.522. The number of carbonyl (C=O) groups is 1. The lowest BCUT2D eigenvalue weighted by Gasteiger charge is -2.31. The second-order valence-corrected chi connectivity index (χ2v) is 8.11. The Hall–Kier alpha value is -3.12. The summed E-state index contributed by atoms with van der Waals surface area (Å²) in [6.07, 6.45) is 3.97. The summed E-state index contributed by atoms with van der Waals surface area (Å²) in [5.41, 5.74) is 3.23. The van der Waals surface area contributed by atoms with E-state index < -0.39 is 0 Å². The molecule has 0 aliphatic carbocycles. The van der Waals surface area contributed by atoms with E-state index in [1.807, 2.05) is 36.1 Å². The van der Waals surface area contributed by atoms with Gasteiger partial charge in [0.15, 0.2) is 0 Å². The number of benzene rings is 2. The highest BCUT2D eigenvalue weighted by atomic mass is 35.5. The second kappa shape index (κ2) is 7.61. The van der Waals surface area contributed by atoms with Crippen LogP contribution in [0.2, 0.25) is 5.02 Å². The Bertz CT molecular complexity index is 1220. The van der Waals surface area contributed by atoms with Gasteiger partial charge in [-0.2, -0.15) is 0 Å². The number of rotatable bonds is 3. The number of H-pyrrole nitrogens is 1. The van der Waals surface area contributed by atoms with Crippen molar-refractivity contribution in [3.05, 3.63) is 77.0 Å². The normalized spacial score (nSPS) is 15.1. The van der Waals surface area contributed by atoms with E-state index in [1.54, 1.807) is 10.7 Å². The predicted octanol–water partition coefficient (Wildman–Crippen LogP) is 4.73. The van der Waals surface area contributed by atoms with Crippen LogP contribution in [0.4, 0.5) is 0 Å². The Morgan fingerprint density at radius 2 is 1.83 bits per heavy atom. The minimum absolute atomic E-state index is 0.124. The van der Waals surface area contributed by atoms with Gasteiger partial charge in [0.2, 0.25) is 5.82 Å². The summed E-state index contributed by atoms with van der Waals surface area (Å²) in [4.78, 5) is 22.7. The molecule has 1 fully saturated rings. The molecule has 5 rings (SSSR count). The summed E-state index contributed by atoms with van der Waals surface area (Å²) < 4.78 is 1.63. The van der Waals surface area contributed by atoms with Crippen LogP contribution in [0.1, 0.15) is 40.8 Å². The molecule has 1 N–H and O–H groups in total. The minimum atomic E-state index is -0.124. The molecule has 2 aromatic carbocycles. The number of halogens is 1. The van der Waals surface area contributed by atoms with E-state index in [0.29, 0.717) is 29.9 Å². The van der Waals surface area contributed by atoms with Gasteiger partial charge in [0.25, 0.3) is 5.91 Å². The average molecular weight is 420 g/mol. The highest BCUT2D eigenvalue weighted by molar-refractivity contribution is 6.32. The van der Waals surface area contributed by atoms with E-state index in [0.717, 1.165) is 24.0 Å². The molecule has 1 amide bonds. The maximum absolute atomic E-state index is 13.0. The van der Waals surface area contributed by atoms with Crippen molar-refractivity contribution in [3.8, 4) is 5.69 Å². The van der Waals surface area contributed by atoms with E-state index >= 15 is 0 Å². The van der Waals surface area contributed by atoms with Crippen molar-refractivity contribution in [2.45, 2.75) is 25.7 Å². The van der Waals surface area contributed by atoms with Gasteiger partial charge in [-0.3, -0.25) is 4.79 Å². The summed E-state index contributed by atoms with van der Waals surface area (Å²) in [6.45, 7) is 3.22. The number of aromatic nitrogens is 4. The first-order valence-corrected chi connectivity index (χ1v) is 10.5. The summed E-state index contributed by atoms with van der Waals surface area (Å²) >= 11 is 6.29. The van der Waals surface area contributed by atoms with Crippen molar-refractivity contribution in [1.29, 1.82) is 0 Å². The first kappa shape index (κ1) is 18.9. The topological polar surface area (TPSA) is 66.8 Å². The lowest BCUT2D eigenvalue weighted by Crippen LogP contribution is -2.38. The van der Waals surface area contributed by atoms with Gasteiger partial charge < -0.3 is 9.88 Å². The Kier molecular flexibility index (Phi) is 4.79. The smallest absolute Gasteiger partial charge is 0.293 e. The maximum atomic E-state index is 13.0. The van der Waals surface area contributed by atoms with Gasteiger partial charge in [-0.05, 0) is 49.4 Å². The molecule has 1 saturated heterocycles. The largest absolute Gasteiger partial charge is 0.361 e. The number of aryl methyl sites for hydroxylation is 1. The van der Waals surface area contributed by atoms with Crippen LogP contribution in [-0.2, 0) is 0 Å². The number of fused-ring (bicyclic) bond motifs is 1. The zero-order valence-corrected chi connectivity index (χ0v) is 17.4. The van der Waals surface area contributed by atoms with E-state index in [1.165, 1.54) is 10.9 Å². The molecular weight excluding hydrogens is 398 g/mol. The summed E-state index contributed by atoms with van der Waals surface area (Å²) in [6, 6.07) is 15.8. The van der Waals surface area contributed by atoms with E-state index in [-0.39, 0.29) is 11.7 Å². The van der Waals surface area contributed by atoms with Gasteiger partial charge >= 0.3 is 0 Å². The third-order valence-electron chi connectivity index (χ3n) is 5.88. The third kappa shape index (κ3) is 3.27. The molecular formula is C23H22ClN5O. The van der Waals surface area contributed by atoms with Crippen LogP contribution in [0.15, 0.2) is 54.7 Å². The fourth-order valence-electron chi connectivity index (χ4n) is 4.30. The van der Waals surface area contributed by atoms with Crippen LogP contribution < -0.4 is 0 Å². The van der Waals surface area contributed by atoms with Gasteiger partial charge in [0.1, 0.15) is 5.82 Å². The zero-order chi connectivity index (χ0) is 20.7. The Morgan fingerprint density at radius 1 is 1.10 bits per heavy atom. The molecule has 0 saturated carbocycles. The average Bonchev–Trinajstić information content (AvgIpc) is 3.37. The molecule has 4 aromatic rings. The van der Waals surface area contributed by atoms with Gasteiger partial charge in [-0.15, -0.1) is 5.10 Å². The lowest BCUT2D eigenvalue weighted by molar-refractivity contribution is 0.0701. The van der Waals surface area contributed by atoms with Crippen molar-refractivity contribution in [1.82, 2.24) is 24.6 Å². The standard InChI is InChI=1S/C23H22ClN5O/c1-15-26-22(27-29(15)21-9-5-3-7-19(21)24)23(30)28-12-10-16(11-13-28)18-14-25-20-8-4-2-6-17(18)20/h2-9,14,16,25H,10-13H2,1H3. The summed E-state index contributed by atoms with van der Waals surface area (Å²) in [5, 5.41) is 6.30. The molecule has 7 heteroatoms. The van der Waals surface area contributed by atoms with Crippen molar-refractivity contribution in [2.75, 3.05) is 13.1 Å². The summed E-state index contributed by atoms with van der Waals surface area (Å²) in [5.74, 6) is 1.18. The number of nitrogens with one attached hydrogen (secondary N) is 1. The predicted molar refractivity (Wildman–Crippen MR) is 117 cm³/mol. The number of likely N-dealkylation sites (tertiary alicyclic amines) is 1. The molecule has 1 aliphatic heterocycles. The summed E-state index contributed by atoms with van der Waals surface area (Å²) in [7, 11) is 0. The van der Waals surface area contributed by atoms with Crippen LogP contribution in [0, 0.1) is 6.92 Å². The van der Waals surface area contributed by atoms with Gasteiger partial charge in [0, 0.05) is 30.2 Å². The number of carbonyl (C=O) groups excluding carboxylic acids is 1. The SMILES string of the molecule is Cc1nc(C(=O)N2CCC(c3c[nH]c4ccccc34)CC2)nn1-c1ccccc1Cl. The first-order chi connectivity index (χ1) is 14.6. The molecule has 0 radical (unpaired) electrons. The molecule has 0 atom stereocenters. The van der Waals surface area contributed by atoms with Crippen molar-refractivity contribution in [2.24, 2.45) is 0 Å². The van der Waals surface area contributed by atoms with E-state index in [4.69, 9.17) is 11.6 Å². The molecule has 6 nitrogen and oxygen atoms in total. The van der Waals surface area contributed by atoms with Gasteiger partial charge in [-0.25, -0.2) is 9.67 Å². The number of hydrogen-bond donors (Lipinski definition) is 1. The molecule has 0 spiro atoms. The molecule has 2 aromatic heterocycles. The number of piperidine rings is 1.